The zero-order valence-corrected chi connectivity index (χ0v) is 17.1. The van der Waals surface area contributed by atoms with Crippen molar-refractivity contribution in [2.24, 2.45) is 5.73 Å². The minimum Gasteiger partial charge on any atom is -0.370 e. The Labute approximate surface area is 171 Å². The first kappa shape index (κ1) is 23.6. The molecule has 28 heavy (non-hydrogen) atoms. The minimum atomic E-state index is -0.216. The molecule has 1 heterocycles. The minimum absolute atomic E-state index is 0.216. The summed E-state index contributed by atoms with van der Waals surface area (Å²) in [4.78, 5) is 14.7. The van der Waals surface area contributed by atoms with Gasteiger partial charge in [0.25, 0.3) is 0 Å². The largest absolute Gasteiger partial charge is 0.370 e. The molecule has 3 nitrogen and oxygen atoms in total. The normalized spacial score (nSPS) is 12.1. The summed E-state index contributed by atoms with van der Waals surface area (Å²) >= 11 is 0. The number of pyridine rings is 1. The smallest absolute Gasteiger partial charge is 0.217 e. The maximum atomic E-state index is 10.6. The van der Waals surface area contributed by atoms with Crippen LogP contribution in [0.5, 0.6) is 0 Å². The van der Waals surface area contributed by atoms with Crippen LogP contribution in [0.25, 0.3) is 0 Å². The lowest BCUT2D eigenvalue weighted by atomic mass is 10.1. The average molecular weight is 381 g/mol. The zero-order chi connectivity index (χ0) is 20.1. The summed E-state index contributed by atoms with van der Waals surface area (Å²) in [6, 6.07) is 4.16. The lowest BCUT2D eigenvalue weighted by Crippen LogP contribution is -2.09. The highest BCUT2D eigenvalue weighted by molar-refractivity contribution is 5.73. The van der Waals surface area contributed by atoms with E-state index in [1.165, 1.54) is 31.2 Å². The van der Waals surface area contributed by atoms with Crippen molar-refractivity contribution in [3.63, 3.8) is 0 Å². The van der Waals surface area contributed by atoms with Crippen molar-refractivity contribution < 1.29 is 4.79 Å². The van der Waals surface area contributed by atoms with Crippen molar-refractivity contribution >= 4 is 5.91 Å². The highest BCUT2D eigenvalue weighted by Crippen LogP contribution is 2.07. The van der Waals surface area contributed by atoms with Gasteiger partial charge in [0.15, 0.2) is 0 Å². The van der Waals surface area contributed by atoms with E-state index in [1.807, 2.05) is 18.5 Å². The molecule has 3 heteroatoms. The number of unbranched alkanes of at least 4 members (excludes halogenated alkanes) is 4. The fraction of sp³-hybridized carbons (Fsp3) is 0.440. The molecule has 1 aromatic rings. The second-order valence-electron chi connectivity index (χ2n) is 6.91. The van der Waals surface area contributed by atoms with Gasteiger partial charge in [-0.2, -0.15) is 0 Å². The molecule has 0 atom stereocenters. The summed E-state index contributed by atoms with van der Waals surface area (Å²) in [5.74, 6) is -0.216. The van der Waals surface area contributed by atoms with E-state index in [4.69, 9.17) is 5.73 Å². The number of hydrogen-bond acceptors (Lipinski definition) is 2. The van der Waals surface area contributed by atoms with Gasteiger partial charge < -0.3 is 5.73 Å². The first-order valence-electron chi connectivity index (χ1n) is 10.6. The van der Waals surface area contributed by atoms with Crippen LogP contribution in [0, 0.1) is 0 Å². The summed E-state index contributed by atoms with van der Waals surface area (Å²) in [6.45, 7) is 0. The number of allylic oxidation sites excluding steroid dienone is 8. The van der Waals surface area contributed by atoms with Crippen molar-refractivity contribution in [1.82, 2.24) is 4.98 Å². The Bertz CT molecular complexity index is 615. The van der Waals surface area contributed by atoms with Crippen LogP contribution in [0.2, 0.25) is 0 Å². The Morgan fingerprint density at radius 3 is 2.00 bits per heavy atom. The summed E-state index contributed by atoms with van der Waals surface area (Å²) in [6.07, 6.45) is 32.7. The molecule has 0 saturated heterocycles. The SMILES string of the molecule is NC(=O)CCC/C=C\C/C=C\C/C=C\C/C=C\CCCCCc1cccnc1. The van der Waals surface area contributed by atoms with Gasteiger partial charge in [-0.1, -0.05) is 61.1 Å². The first-order chi connectivity index (χ1) is 13.8. The summed E-state index contributed by atoms with van der Waals surface area (Å²) in [7, 11) is 0. The molecule has 0 bridgehead atoms. The number of carbonyl (C=O) groups is 1. The molecule has 0 aromatic carbocycles. The lowest BCUT2D eigenvalue weighted by molar-refractivity contribution is -0.118. The molecule has 0 aliphatic heterocycles. The van der Waals surface area contributed by atoms with Gasteiger partial charge in [-0.15, -0.1) is 0 Å². The Morgan fingerprint density at radius 2 is 1.43 bits per heavy atom. The van der Waals surface area contributed by atoms with E-state index in [2.05, 4.69) is 59.7 Å². The number of primary amides is 1. The fourth-order valence-electron chi connectivity index (χ4n) is 2.76. The topological polar surface area (TPSA) is 56.0 Å². The number of nitrogens with two attached hydrogens (primary N) is 1. The molecule has 1 aromatic heterocycles. The van der Waals surface area contributed by atoms with Gasteiger partial charge in [0.2, 0.25) is 5.91 Å². The Hall–Kier alpha value is -2.42. The Balaban J connectivity index is 1.89. The van der Waals surface area contributed by atoms with Crippen LogP contribution in [-0.4, -0.2) is 10.9 Å². The fourth-order valence-corrected chi connectivity index (χ4v) is 2.76. The van der Waals surface area contributed by atoms with E-state index in [0.29, 0.717) is 6.42 Å². The van der Waals surface area contributed by atoms with Crippen molar-refractivity contribution in [2.75, 3.05) is 0 Å². The van der Waals surface area contributed by atoms with Crippen molar-refractivity contribution in [2.45, 2.75) is 70.6 Å². The van der Waals surface area contributed by atoms with Crippen LogP contribution in [0.3, 0.4) is 0 Å². The third-order valence-corrected chi connectivity index (χ3v) is 4.34. The molecular formula is C25H36N2O. The van der Waals surface area contributed by atoms with E-state index >= 15 is 0 Å². The first-order valence-corrected chi connectivity index (χ1v) is 10.6. The van der Waals surface area contributed by atoms with Gasteiger partial charge in [0.05, 0.1) is 0 Å². The highest BCUT2D eigenvalue weighted by Gasteiger charge is 1.92. The number of rotatable bonds is 16. The van der Waals surface area contributed by atoms with Gasteiger partial charge in [-0.05, 0) is 69.4 Å². The van der Waals surface area contributed by atoms with Gasteiger partial charge >= 0.3 is 0 Å². The standard InChI is InChI=1S/C25H36N2O/c26-25(28)21-17-15-13-11-9-7-5-3-1-2-4-6-8-10-12-14-16-19-24-20-18-22-27-23-24/h1-2,5-8,11,13,18,20,22-23H,3-4,9-10,12,14-17,19,21H2,(H2,26,28)/b2-1-,7-5-,8-6-,13-11-. The number of aryl methyl sites for hydroxylation is 1. The number of carbonyl (C=O) groups excluding carboxylic acids is 1. The van der Waals surface area contributed by atoms with E-state index in [0.717, 1.165) is 38.5 Å². The van der Waals surface area contributed by atoms with Gasteiger partial charge in [0.1, 0.15) is 0 Å². The van der Waals surface area contributed by atoms with Crippen LogP contribution in [0.4, 0.5) is 0 Å². The molecule has 1 amide bonds. The summed E-state index contributed by atoms with van der Waals surface area (Å²) in [5.41, 5.74) is 6.44. The Kier molecular flexibility index (Phi) is 15.2. The monoisotopic (exact) mass is 380 g/mol. The van der Waals surface area contributed by atoms with E-state index in [1.54, 1.807) is 0 Å². The van der Waals surface area contributed by atoms with Crippen molar-refractivity contribution in [3.05, 3.63) is 78.7 Å². The molecule has 2 N–H and O–H groups in total. The molecule has 0 spiro atoms. The molecule has 152 valence electrons. The van der Waals surface area contributed by atoms with Gasteiger partial charge in [0, 0.05) is 18.8 Å². The summed E-state index contributed by atoms with van der Waals surface area (Å²) in [5, 5.41) is 0. The van der Waals surface area contributed by atoms with Crippen LogP contribution < -0.4 is 5.73 Å². The van der Waals surface area contributed by atoms with Gasteiger partial charge in [-0.25, -0.2) is 0 Å². The molecule has 0 aliphatic rings. The predicted octanol–water partition coefficient (Wildman–Crippen LogP) is 6.24. The molecule has 0 radical (unpaired) electrons. The number of amides is 1. The second kappa shape index (κ2) is 18.0. The maximum absolute atomic E-state index is 10.6. The molecular weight excluding hydrogens is 344 g/mol. The van der Waals surface area contributed by atoms with E-state index in [-0.39, 0.29) is 5.91 Å². The maximum Gasteiger partial charge on any atom is 0.217 e. The molecule has 1 rings (SSSR count). The third kappa shape index (κ3) is 15.8. The van der Waals surface area contributed by atoms with Crippen LogP contribution in [0.1, 0.15) is 69.8 Å². The zero-order valence-electron chi connectivity index (χ0n) is 17.1. The number of hydrogen-bond donors (Lipinski definition) is 1. The van der Waals surface area contributed by atoms with Crippen LogP contribution in [-0.2, 0) is 11.2 Å². The van der Waals surface area contributed by atoms with E-state index in [9.17, 15) is 4.79 Å². The summed E-state index contributed by atoms with van der Waals surface area (Å²) < 4.78 is 0. The number of aromatic nitrogens is 1. The van der Waals surface area contributed by atoms with Crippen molar-refractivity contribution in [1.29, 1.82) is 0 Å². The molecule has 0 saturated carbocycles. The van der Waals surface area contributed by atoms with Crippen LogP contribution >= 0.6 is 0 Å². The average Bonchev–Trinajstić information content (AvgIpc) is 2.70. The molecule has 0 fully saturated rings. The lowest BCUT2D eigenvalue weighted by Gasteiger charge is -1.99. The second-order valence-corrected chi connectivity index (χ2v) is 6.91. The molecule has 0 unspecified atom stereocenters. The quantitative estimate of drug-likeness (QED) is 0.273. The molecule has 0 aliphatic carbocycles. The highest BCUT2D eigenvalue weighted by atomic mass is 16.1. The Morgan fingerprint density at radius 1 is 0.821 bits per heavy atom. The number of nitrogens with zero attached hydrogens (tertiary/aromatic N) is 1. The van der Waals surface area contributed by atoms with Crippen LogP contribution in [0.15, 0.2) is 73.1 Å². The predicted molar refractivity (Wildman–Crippen MR) is 120 cm³/mol. The third-order valence-electron chi connectivity index (χ3n) is 4.34. The van der Waals surface area contributed by atoms with Gasteiger partial charge in [-0.3, -0.25) is 9.78 Å². The van der Waals surface area contributed by atoms with E-state index < -0.39 is 0 Å². The van der Waals surface area contributed by atoms with Crippen molar-refractivity contribution in [3.8, 4) is 0 Å².